The number of aryl methyl sites for hydroxylation is 3. The monoisotopic (exact) mass is 288 g/mol. The fourth-order valence-electron chi connectivity index (χ4n) is 2.43. The summed E-state index contributed by atoms with van der Waals surface area (Å²) in [6.07, 6.45) is 0. The summed E-state index contributed by atoms with van der Waals surface area (Å²) >= 11 is 6.72. The number of ether oxygens (including phenoxy) is 1. The summed E-state index contributed by atoms with van der Waals surface area (Å²) in [6.45, 7) is 8.91. The first-order valence-corrected chi connectivity index (χ1v) is 7.41. The summed E-state index contributed by atoms with van der Waals surface area (Å²) in [6, 6.07) is 12.6. The maximum absolute atomic E-state index is 6.72. The summed E-state index contributed by atoms with van der Waals surface area (Å²) < 4.78 is 5.71. The fourth-order valence-corrected chi connectivity index (χ4v) is 2.85. The molecular weight excluding hydrogens is 268 g/mol. The molecule has 0 saturated carbocycles. The van der Waals surface area contributed by atoms with Gasteiger partial charge < -0.3 is 4.74 Å². The van der Waals surface area contributed by atoms with E-state index >= 15 is 0 Å². The predicted octanol–water partition coefficient (Wildman–Crippen LogP) is 5.34. The minimum atomic E-state index is -0.183. The van der Waals surface area contributed by atoms with Gasteiger partial charge in [-0.25, -0.2) is 0 Å². The Bertz CT molecular complexity index is 604. The van der Waals surface area contributed by atoms with Gasteiger partial charge in [-0.05, 0) is 44.9 Å². The predicted molar refractivity (Wildman–Crippen MR) is 86.0 cm³/mol. The molecule has 0 N–H and O–H groups in total. The smallest absolute Gasteiger partial charge is 0.124 e. The van der Waals surface area contributed by atoms with Gasteiger partial charge in [-0.1, -0.05) is 41.5 Å². The Hall–Kier alpha value is -1.47. The molecule has 0 aliphatic heterocycles. The standard InChI is InChI=1S/C18H21ClO/c1-5-20-17-9-7-13(3)11-16(17)18(19)15-8-6-12(2)10-14(15)4/h6-11,18H,5H2,1-4H3. The van der Waals surface area contributed by atoms with Gasteiger partial charge in [0.15, 0.2) is 0 Å². The number of halogens is 1. The first kappa shape index (κ1) is 14.9. The quantitative estimate of drug-likeness (QED) is 0.690. The molecule has 0 saturated heterocycles. The molecule has 0 heterocycles. The molecule has 0 radical (unpaired) electrons. The third-order valence-corrected chi connectivity index (χ3v) is 3.91. The highest BCUT2D eigenvalue weighted by atomic mass is 35.5. The van der Waals surface area contributed by atoms with Crippen LogP contribution in [0.4, 0.5) is 0 Å². The average Bonchev–Trinajstić information content (AvgIpc) is 2.40. The minimum absolute atomic E-state index is 0.183. The second-order valence-corrected chi connectivity index (χ2v) is 5.63. The zero-order chi connectivity index (χ0) is 14.7. The fraction of sp³-hybridized carbons (Fsp3) is 0.333. The molecule has 0 bridgehead atoms. The molecule has 0 aliphatic carbocycles. The lowest BCUT2D eigenvalue weighted by atomic mass is 9.97. The van der Waals surface area contributed by atoms with Crippen LogP contribution >= 0.6 is 11.6 Å². The highest BCUT2D eigenvalue weighted by Crippen LogP contribution is 2.37. The Morgan fingerprint density at radius 1 is 0.950 bits per heavy atom. The molecule has 20 heavy (non-hydrogen) atoms. The van der Waals surface area contributed by atoms with Gasteiger partial charge in [0.2, 0.25) is 0 Å². The van der Waals surface area contributed by atoms with Crippen molar-refractivity contribution in [1.82, 2.24) is 0 Å². The summed E-state index contributed by atoms with van der Waals surface area (Å²) in [5.74, 6) is 0.873. The van der Waals surface area contributed by atoms with Crippen LogP contribution in [-0.2, 0) is 0 Å². The summed E-state index contributed by atoms with van der Waals surface area (Å²) in [5, 5.41) is -0.183. The SMILES string of the molecule is CCOc1ccc(C)cc1C(Cl)c1ccc(C)cc1C. The molecule has 2 aromatic rings. The van der Waals surface area contributed by atoms with Crippen LogP contribution in [0.1, 0.15) is 40.1 Å². The lowest BCUT2D eigenvalue weighted by molar-refractivity contribution is 0.337. The maximum atomic E-state index is 6.72. The van der Waals surface area contributed by atoms with Gasteiger partial charge in [0, 0.05) is 5.56 Å². The van der Waals surface area contributed by atoms with Crippen molar-refractivity contribution in [2.45, 2.75) is 33.1 Å². The lowest BCUT2D eigenvalue weighted by Crippen LogP contribution is -2.02. The van der Waals surface area contributed by atoms with Crippen molar-refractivity contribution in [3.8, 4) is 5.75 Å². The number of hydrogen-bond acceptors (Lipinski definition) is 1. The summed E-state index contributed by atoms with van der Waals surface area (Å²) in [4.78, 5) is 0. The largest absolute Gasteiger partial charge is 0.494 e. The average molecular weight is 289 g/mol. The van der Waals surface area contributed by atoms with E-state index in [-0.39, 0.29) is 5.38 Å². The molecule has 0 fully saturated rings. The van der Waals surface area contributed by atoms with Crippen molar-refractivity contribution in [2.75, 3.05) is 6.61 Å². The van der Waals surface area contributed by atoms with E-state index in [2.05, 4.69) is 51.1 Å². The molecule has 0 spiro atoms. The molecule has 1 atom stereocenters. The number of hydrogen-bond donors (Lipinski definition) is 0. The van der Waals surface area contributed by atoms with Gasteiger partial charge in [0.25, 0.3) is 0 Å². The van der Waals surface area contributed by atoms with Crippen molar-refractivity contribution in [2.24, 2.45) is 0 Å². The molecule has 1 unspecified atom stereocenters. The molecule has 2 heteroatoms. The van der Waals surface area contributed by atoms with Crippen LogP contribution in [0.15, 0.2) is 36.4 Å². The highest BCUT2D eigenvalue weighted by Gasteiger charge is 2.18. The van der Waals surface area contributed by atoms with Gasteiger partial charge in [-0.2, -0.15) is 0 Å². The van der Waals surface area contributed by atoms with E-state index in [1.807, 2.05) is 13.0 Å². The third kappa shape index (κ3) is 3.16. The van der Waals surface area contributed by atoms with Crippen LogP contribution in [0, 0.1) is 20.8 Å². The molecule has 0 amide bonds. The lowest BCUT2D eigenvalue weighted by Gasteiger charge is -2.18. The zero-order valence-electron chi connectivity index (χ0n) is 12.5. The van der Waals surface area contributed by atoms with Crippen LogP contribution in [0.2, 0.25) is 0 Å². The van der Waals surface area contributed by atoms with E-state index in [1.54, 1.807) is 0 Å². The molecule has 0 aromatic heterocycles. The molecule has 1 nitrogen and oxygen atoms in total. The van der Waals surface area contributed by atoms with Gasteiger partial charge in [-0.3, -0.25) is 0 Å². The third-order valence-electron chi connectivity index (χ3n) is 3.44. The molecule has 0 aliphatic rings. The van der Waals surface area contributed by atoms with Crippen molar-refractivity contribution in [1.29, 1.82) is 0 Å². The molecule has 2 aromatic carbocycles. The molecular formula is C18H21ClO. The van der Waals surface area contributed by atoms with Crippen LogP contribution in [-0.4, -0.2) is 6.61 Å². The second kappa shape index (κ2) is 6.32. The first-order chi connectivity index (χ1) is 9.52. The maximum Gasteiger partial charge on any atom is 0.124 e. The van der Waals surface area contributed by atoms with Gasteiger partial charge in [0.1, 0.15) is 5.75 Å². The van der Waals surface area contributed by atoms with E-state index in [4.69, 9.17) is 16.3 Å². The number of rotatable bonds is 4. The van der Waals surface area contributed by atoms with Gasteiger partial charge in [-0.15, -0.1) is 11.6 Å². The van der Waals surface area contributed by atoms with E-state index < -0.39 is 0 Å². The topological polar surface area (TPSA) is 9.23 Å². The minimum Gasteiger partial charge on any atom is -0.494 e. The van der Waals surface area contributed by atoms with E-state index in [0.29, 0.717) is 6.61 Å². The van der Waals surface area contributed by atoms with Gasteiger partial charge >= 0.3 is 0 Å². The van der Waals surface area contributed by atoms with Gasteiger partial charge in [0.05, 0.1) is 12.0 Å². The van der Waals surface area contributed by atoms with Crippen molar-refractivity contribution in [3.05, 3.63) is 64.2 Å². The Morgan fingerprint density at radius 2 is 1.60 bits per heavy atom. The van der Waals surface area contributed by atoms with Crippen molar-refractivity contribution < 1.29 is 4.74 Å². The van der Waals surface area contributed by atoms with E-state index in [1.165, 1.54) is 16.7 Å². The molecule has 106 valence electrons. The Labute approximate surface area is 126 Å². The number of alkyl halides is 1. The summed E-state index contributed by atoms with van der Waals surface area (Å²) in [7, 11) is 0. The second-order valence-electron chi connectivity index (χ2n) is 5.20. The van der Waals surface area contributed by atoms with Crippen LogP contribution in [0.3, 0.4) is 0 Å². The van der Waals surface area contributed by atoms with Crippen molar-refractivity contribution in [3.63, 3.8) is 0 Å². The Morgan fingerprint density at radius 3 is 2.25 bits per heavy atom. The zero-order valence-corrected chi connectivity index (χ0v) is 13.3. The molecule has 2 rings (SSSR count). The normalized spacial score (nSPS) is 12.2. The Balaban J connectivity index is 2.46. The van der Waals surface area contributed by atoms with Crippen LogP contribution < -0.4 is 4.74 Å². The highest BCUT2D eigenvalue weighted by molar-refractivity contribution is 6.23. The van der Waals surface area contributed by atoms with E-state index in [0.717, 1.165) is 16.9 Å². The summed E-state index contributed by atoms with van der Waals surface area (Å²) in [5.41, 5.74) is 5.85. The van der Waals surface area contributed by atoms with E-state index in [9.17, 15) is 0 Å². The Kier molecular flexibility index (Phi) is 4.72. The van der Waals surface area contributed by atoms with Crippen molar-refractivity contribution >= 4 is 11.6 Å². The van der Waals surface area contributed by atoms with Crippen LogP contribution in [0.25, 0.3) is 0 Å². The van der Waals surface area contributed by atoms with Crippen LogP contribution in [0.5, 0.6) is 5.75 Å². The number of benzene rings is 2. The first-order valence-electron chi connectivity index (χ1n) is 6.97.